The Labute approximate surface area is 94.7 Å². The number of rotatable bonds is 6. The quantitative estimate of drug-likeness (QED) is 0.780. The van der Waals surface area contributed by atoms with E-state index < -0.39 is 0 Å². The highest BCUT2D eigenvalue weighted by molar-refractivity contribution is 7.10. The molecule has 0 bridgehead atoms. The van der Waals surface area contributed by atoms with E-state index in [1.54, 1.807) is 18.3 Å². The van der Waals surface area contributed by atoms with Crippen molar-refractivity contribution in [2.75, 3.05) is 0 Å². The van der Waals surface area contributed by atoms with Gasteiger partial charge >= 0.3 is 0 Å². The van der Waals surface area contributed by atoms with Crippen LogP contribution in [0.1, 0.15) is 37.6 Å². The Bertz CT molecular complexity index is 298. The minimum atomic E-state index is -0.298. The number of primary amides is 1. The average molecular weight is 226 g/mol. The van der Waals surface area contributed by atoms with Crippen LogP contribution >= 0.6 is 11.3 Å². The minimum Gasteiger partial charge on any atom is -0.368 e. The highest BCUT2D eigenvalue weighted by atomic mass is 32.1. The number of nitrogens with one attached hydrogen (secondary N) is 1. The van der Waals surface area contributed by atoms with Crippen molar-refractivity contribution in [3.63, 3.8) is 0 Å². The number of carbonyl (C=O) groups is 1. The van der Waals surface area contributed by atoms with Gasteiger partial charge in [-0.05, 0) is 24.8 Å². The van der Waals surface area contributed by atoms with Crippen molar-refractivity contribution in [3.8, 4) is 0 Å². The van der Waals surface area contributed by atoms with Crippen LogP contribution in [0, 0.1) is 0 Å². The molecule has 0 radical (unpaired) electrons. The van der Waals surface area contributed by atoms with Gasteiger partial charge in [0.2, 0.25) is 5.91 Å². The van der Waals surface area contributed by atoms with E-state index in [1.807, 2.05) is 6.07 Å². The molecule has 1 rings (SSSR count). The summed E-state index contributed by atoms with van der Waals surface area (Å²) < 4.78 is 0. The SMILES string of the molecule is CCCC(NC(C)C(N)=O)c1cccs1. The van der Waals surface area contributed by atoms with E-state index in [9.17, 15) is 4.79 Å². The molecule has 2 atom stereocenters. The molecule has 1 aromatic heterocycles. The van der Waals surface area contributed by atoms with Crippen LogP contribution in [0.3, 0.4) is 0 Å². The van der Waals surface area contributed by atoms with E-state index in [0.717, 1.165) is 12.8 Å². The van der Waals surface area contributed by atoms with E-state index >= 15 is 0 Å². The standard InChI is InChI=1S/C11H18N2OS/c1-3-5-9(10-6-4-7-15-10)13-8(2)11(12)14/h4,6-9,13H,3,5H2,1-2H3,(H2,12,14). The van der Waals surface area contributed by atoms with Crippen LogP contribution in [0.4, 0.5) is 0 Å². The Balaban J connectivity index is 2.63. The molecule has 3 N–H and O–H groups in total. The first kappa shape index (κ1) is 12.2. The number of nitrogens with two attached hydrogens (primary N) is 1. The van der Waals surface area contributed by atoms with Gasteiger partial charge in [0.25, 0.3) is 0 Å². The Hall–Kier alpha value is -0.870. The normalized spacial score (nSPS) is 14.8. The van der Waals surface area contributed by atoms with Crippen molar-refractivity contribution in [2.24, 2.45) is 5.73 Å². The molecule has 0 aliphatic carbocycles. The fraction of sp³-hybridized carbons (Fsp3) is 0.545. The summed E-state index contributed by atoms with van der Waals surface area (Å²) >= 11 is 1.71. The van der Waals surface area contributed by atoms with Crippen LogP contribution < -0.4 is 11.1 Å². The maximum atomic E-state index is 11.0. The topological polar surface area (TPSA) is 55.1 Å². The lowest BCUT2D eigenvalue weighted by molar-refractivity contribution is -0.119. The molecule has 1 heterocycles. The molecule has 3 nitrogen and oxygen atoms in total. The monoisotopic (exact) mass is 226 g/mol. The lowest BCUT2D eigenvalue weighted by Gasteiger charge is -2.20. The van der Waals surface area contributed by atoms with E-state index in [4.69, 9.17) is 5.73 Å². The molecular weight excluding hydrogens is 208 g/mol. The molecule has 4 heteroatoms. The summed E-state index contributed by atoms with van der Waals surface area (Å²) in [7, 11) is 0. The first-order valence-corrected chi connectivity index (χ1v) is 6.12. The minimum absolute atomic E-state index is 0.248. The van der Waals surface area contributed by atoms with E-state index in [-0.39, 0.29) is 18.0 Å². The van der Waals surface area contributed by atoms with Crippen LogP contribution in [-0.2, 0) is 4.79 Å². The third-order valence-corrected chi connectivity index (χ3v) is 3.33. The first-order valence-electron chi connectivity index (χ1n) is 5.24. The molecular formula is C11H18N2OS. The van der Waals surface area contributed by atoms with Crippen LogP contribution in [0.5, 0.6) is 0 Å². The summed E-state index contributed by atoms with van der Waals surface area (Å²) in [6, 6.07) is 4.09. The third kappa shape index (κ3) is 3.64. The molecule has 1 amide bonds. The smallest absolute Gasteiger partial charge is 0.234 e. The van der Waals surface area contributed by atoms with Crippen molar-refractivity contribution in [1.82, 2.24) is 5.32 Å². The predicted molar refractivity (Wildman–Crippen MR) is 63.8 cm³/mol. The zero-order valence-corrected chi connectivity index (χ0v) is 10.0. The molecule has 0 aliphatic rings. The molecule has 0 fully saturated rings. The van der Waals surface area contributed by atoms with Gasteiger partial charge < -0.3 is 5.73 Å². The van der Waals surface area contributed by atoms with Gasteiger partial charge in [-0.2, -0.15) is 0 Å². The molecule has 0 aromatic carbocycles. The van der Waals surface area contributed by atoms with Crippen molar-refractivity contribution in [3.05, 3.63) is 22.4 Å². The van der Waals surface area contributed by atoms with Gasteiger partial charge in [-0.25, -0.2) is 0 Å². The number of hydrogen-bond acceptors (Lipinski definition) is 3. The van der Waals surface area contributed by atoms with Crippen LogP contribution in [0.2, 0.25) is 0 Å². The Morgan fingerprint density at radius 2 is 2.40 bits per heavy atom. The Morgan fingerprint density at radius 1 is 1.67 bits per heavy atom. The van der Waals surface area contributed by atoms with Gasteiger partial charge in [-0.15, -0.1) is 11.3 Å². The van der Waals surface area contributed by atoms with Crippen molar-refractivity contribution in [1.29, 1.82) is 0 Å². The number of carbonyl (C=O) groups excluding carboxylic acids is 1. The highest BCUT2D eigenvalue weighted by Crippen LogP contribution is 2.23. The summed E-state index contributed by atoms with van der Waals surface area (Å²) in [6.07, 6.45) is 2.11. The fourth-order valence-electron chi connectivity index (χ4n) is 1.47. The van der Waals surface area contributed by atoms with Crippen LogP contribution in [0.25, 0.3) is 0 Å². The van der Waals surface area contributed by atoms with Gasteiger partial charge in [0.05, 0.1) is 6.04 Å². The summed E-state index contributed by atoms with van der Waals surface area (Å²) in [4.78, 5) is 12.2. The largest absolute Gasteiger partial charge is 0.368 e. The second-order valence-electron chi connectivity index (χ2n) is 3.65. The zero-order valence-electron chi connectivity index (χ0n) is 9.19. The van der Waals surface area contributed by atoms with Gasteiger partial charge in [-0.1, -0.05) is 19.4 Å². The maximum Gasteiger partial charge on any atom is 0.234 e. The molecule has 2 unspecified atom stereocenters. The molecule has 84 valence electrons. The van der Waals surface area contributed by atoms with Crippen molar-refractivity contribution >= 4 is 17.2 Å². The predicted octanol–water partition coefficient (Wildman–Crippen LogP) is 2.05. The lowest BCUT2D eigenvalue weighted by atomic mass is 10.1. The summed E-state index contributed by atoms with van der Waals surface area (Å²) in [5.41, 5.74) is 5.24. The first-order chi connectivity index (χ1) is 7.15. The van der Waals surface area contributed by atoms with Crippen molar-refractivity contribution < 1.29 is 4.79 Å². The van der Waals surface area contributed by atoms with Gasteiger partial charge in [0.15, 0.2) is 0 Å². The molecule has 0 saturated carbocycles. The number of amides is 1. The van der Waals surface area contributed by atoms with Crippen molar-refractivity contribution in [2.45, 2.75) is 38.8 Å². The van der Waals surface area contributed by atoms with Crippen LogP contribution in [0.15, 0.2) is 17.5 Å². The van der Waals surface area contributed by atoms with E-state index in [1.165, 1.54) is 4.88 Å². The molecule has 1 aromatic rings. The number of hydrogen-bond donors (Lipinski definition) is 2. The Kier molecular flexibility index (Phi) is 4.78. The molecule has 0 spiro atoms. The molecule has 0 saturated heterocycles. The molecule has 0 aliphatic heterocycles. The summed E-state index contributed by atoms with van der Waals surface area (Å²) in [5, 5.41) is 5.31. The second-order valence-corrected chi connectivity index (χ2v) is 4.63. The Morgan fingerprint density at radius 3 is 2.87 bits per heavy atom. The highest BCUT2D eigenvalue weighted by Gasteiger charge is 2.16. The average Bonchev–Trinajstić information content (AvgIpc) is 2.69. The molecule has 15 heavy (non-hydrogen) atoms. The summed E-state index contributed by atoms with van der Waals surface area (Å²) in [6.45, 7) is 3.94. The summed E-state index contributed by atoms with van der Waals surface area (Å²) in [5.74, 6) is -0.298. The maximum absolute atomic E-state index is 11.0. The number of thiophene rings is 1. The van der Waals surface area contributed by atoms with Gasteiger partial charge in [-0.3, -0.25) is 10.1 Å². The van der Waals surface area contributed by atoms with E-state index in [2.05, 4.69) is 23.7 Å². The van der Waals surface area contributed by atoms with E-state index in [0.29, 0.717) is 0 Å². The lowest BCUT2D eigenvalue weighted by Crippen LogP contribution is -2.40. The fourth-order valence-corrected chi connectivity index (χ4v) is 2.29. The zero-order chi connectivity index (χ0) is 11.3. The van der Waals surface area contributed by atoms with Crippen LogP contribution in [-0.4, -0.2) is 11.9 Å². The third-order valence-electron chi connectivity index (χ3n) is 2.34. The second kappa shape index (κ2) is 5.88. The van der Waals surface area contributed by atoms with Gasteiger partial charge in [0.1, 0.15) is 0 Å². The van der Waals surface area contributed by atoms with Gasteiger partial charge in [0, 0.05) is 10.9 Å².